The van der Waals surface area contributed by atoms with Crippen LogP contribution in [-0.2, 0) is 14.6 Å². The van der Waals surface area contributed by atoms with Crippen molar-refractivity contribution in [2.75, 3.05) is 6.61 Å². The summed E-state index contributed by atoms with van der Waals surface area (Å²) >= 11 is 0. The van der Waals surface area contributed by atoms with Gasteiger partial charge >= 0.3 is 0 Å². The van der Waals surface area contributed by atoms with E-state index >= 15 is 0 Å². The van der Waals surface area contributed by atoms with E-state index in [0.29, 0.717) is 12.8 Å². The molecule has 4 N–H and O–H groups in total. The SMILES string of the molecule is CC(C)(C(=O)N/C(O)=C/C(=N)C1(CO)CCCC1)S(=O)(=O)c1ccc(F)cc1. The lowest BCUT2D eigenvalue weighted by atomic mass is 9.82. The molecule has 0 radical (unpaired) electrons. The highest BCUT2D eigenvalue weighted by Gasteiger charge is 2.43. The minimum absolute atomic E-state index is 0.0236. The minimum Gasteiger partial charge on any atom is -0.494 e. The van der Waals surface area contributed by atoms with Gasteiger partial charge in [-0.1, -0.05) is 12.8 Å². The van der Waals surface area contributed by atoms with Crippen molar-refractivity contribution in [3.8, 4) is 0 Å². The number of hydrogen-bond donors (Lipinski definition) is 4. The predicted molar refractivity (Wildman–Crippen MR) is 102 cm³/mol. The highest BCUT2D eigenvalue weighted by molar-refractivity contribution is 7.93. The van der Waals surface area contributed by atoms with Crippen LogP contribution in [0.5, 0.6) is 0 Å². The van der Waals surface area contributed by atoms with Gasteiger partial charge in [-0.05, 0) is 51.0 Å². The molecule has 7 nitrogen and oxygen atoms in total. The number of allylic oxidation sites excluding steroid dienone is 1. The Labute approximate surface area is 163 Å². The molecule has 0 aromatic heterocycles. The Morgan fingerprint density at radius 1 is 1.29 bits per heavy atom. The normalized spacial score (nSPS) is 17.4. The van der Waals surface area contributed by atoms with Crippen LogP contribution < -0.4 is 5.32 Å². The van der Waals surface area contributed by atoms with Gasteiger partial charge in [0.15, 0.2) is 15.7 Å². The fourth-order valence-corrected chi connectivity index (χ4v) is 4.57. The van der Waals surface area contributed by atoms with Crippen molar-refractivity contribution in [1.29, 1.82) is 5.41 Å². The van der Waals surface area contributed by atoms with Gasteiger partial charge < -0.3 is 15.6 Å². The number of aliphatic hydroxyl groups excluding tert-OH is 2. The average molecular weight is 412 g/mol. The first kappa shape index (κ1) is 22.0. The minimum atomic E-state index is -4.17. The van der Waals surface area contributed by atoms with Gasteiger partial charge in [0.2, 0.25) is 5.91 Å². The van der Waals surface area contributed by atoms with Crippen molar-refractivity contribution in [1.82, 2.24) is 5.32 Å². The third kappa shape index (κ3) is 4.10. The van der Waals surface area contributed by atoms with Crippen LogP contribution in [0.2, 0.25) is 0 Å². The second kappa shape index (κ2) is 8.00. The first-order chi connectivity index (χ1) is 13.0. The van der Waals surface area contributed by atoms with E-state index in [2.05, 4.69) is 5.32 Å². The number of amides is 1. The number of nitrogens with one attached hydrogen (secondary N) is 2. The van der Waals surface area contributed by atoms with Crippen molar-refractivity contribution in [3.05, 3.63) is 42.0 Å². The van der Waals surface area contributed by atoms with Crippen molar-refractivity contribution in [3.63, 3.8) is 0 Å². The van der Waals surface area contributed by atoms with E-state index in [-0.39, 0.29) is 17.2 Å². The van der Waals surface area contributed by atoms with Crippen LogP contribution in [0.1, 0.15) is 39.5 Å². The summed E-state index contributed by atoms with van der Waals surface area (Å²) in [5.41, 5.74) is -0.779. The van der Waals surface area contributed by atoms with E-state index in [1.807, 2.05) is 0 Å². The number of rotatable bonds is 7. The molecule has 0 aliphatic heterocycles. The van der Waals surface area contributed by atoms with E-state index < -0.39 is 37.6 Å². The van der Waals surface area contributed by atoms with Crippen LogP contribution >= 0.6 is 0 Å². The summed E-state index contributed by atoms with van der Waals surface area (Å²) in [6.07, 6.45) is 3.94. The van der Waals surface area contributed by atoms with Crippen molar-refractivity contribution < 1.29 is 27.8 Å². The number of halogens is 1. The predicted octanol–water partition coefficient (Wildman–Crippen LogP) is 2.47. The average Bonchev–Trinajstić information content (AvgIpc) is 3.12. The number of aliphatic hydroxyl groups is 2. The summed E-state index contributed by atoms with van der Waals surface area (Å²) in [6.45, 7) is 2.10. The summed E-state index contributed by atoms with van der Waals surface area (Å²) in [6, 6.07) is 4.09. The molecule has 2 rings (SSSR count). The van der Waals surface area contributed by atoms with Gasteiger partial charge in [0.1, 0.15) is 10.6 Å². The Bertz CT molecular complexity index is 885. The third-order valence-electron chi connectivity index (χ3n) is 5.30. The lowest BCUT2D eigenvalue weighted by molar-refractivity contribution is -0.122. The van der Waals surface area contributed by atoms with E-state index in [9.17, 15) is 27.8 Å². The fourth-order valence-electron chi connectivity index (χ4n) is 3.19. The van der Waals surface area contributed by atoms with Crippen molar-refractivity contribution >= 4 is 21.5 Å². The standard InChI is InChI=1S/C19H25FN2O5S/c1-18(2,28(26,27)14-7-5-13(20)6-8-14)17(25)22-16(24)11-15(21)19(12-23)9-3-4-10-19/h5-8,11,21,23-24H,3-4,9-10,12H2,1-2H3,(H,22,25)/b16-11-,21-15?. The number of hydrogen-bond acceptors (Lipinski definition) is 6. The summed E-state index contributed by atoms with van der Waals surface area (Å²) < 4.78 is 36.6. The highest BCUT2D eigenvalue weighted by atomic mass is 32.2. The lowest BCUT2D eigenvalue weighted by Gasteiger charge is -2.26. The molecule has 0 atom stereocenters. The molecule has 9 heteroatoms. The zero-order valence-corrected chi connectivity index (χ0v) is 16.6. The summed E-state index contributed by atoms with van der Waals surface area (Å²) in [5.74, 6) is -2.27. The number of sulfone groups is 1. The first-order valence-corrected chi connectivity index (χ1v) is 10.4. The Balaban J connectivity index is 2.20. The van der Waals surface area contributed by atoms with Gasteiger partial charge in [-0.25, -0.2) is 12.8 Å². The first-order valence-electron chi connectivity index (χ1n) is 8.88. The van der Waals surface area contributed by atoms with Crippen LogP contribution in [0.3, 0.4) is 0 Å². The molecule has 0 unspecified atom stereocenters. The molecule has 1 aliphatic carbocycles. The van der Waals surface area contributed by atoms with E-state index in [0.717, 1.165) is 43.2 Å². The van der Waals surface area contributed by atoms with Crippen LogP contribution in [0, 0.1) is 16.6 Å². The molecule has 1 aliphatic rings. The molecule has 0 bridgehead atoms. The second-order valence-corrected chi connectivity index (χ2v) is 10.0. The van der Waals surface area contributed by atoms with E-state index in [1.165, 1.54) is 13.8 Å². The zero-order valence-electron chi connectivity index (χ0n) is 15.8. The molecular weight excluding hydrogens is 387 g/mol. The maximum atomic E-state index is 13.1. The topological polar surface area (TPSA) is 128 Å². The van der Waals surface area contributed by atoms with Crippen LogP contribution in [0.25, 0.3) is 0 Å². The Morgan fingerprint density at radius 3 is 2.32 bits per heavy atom. The molecule has 1 aromatic rings. The van der Waals surface area contributed by atoms with Crippen LogP contribution in [-0.4, -0.2) is 41.6 Å². The monoisotopic (exact) mass is 412 g/mol. The molecule has 1 amide bonds. The van der Waals surface area contributed by atoms with Gasteiger partial charge in [-0.3, -0.25) is 10.1 Å². The molecule has 0 spiro atoms. The van der Waals surface area contributed by atoms with Crippen molar-refractivity contribution in [2.45, 2.75) is 49.2 Å². The van der Waals surface area contributed by atoms with Gasteiger partial charge in [-0.2, -0.15) is 0 Å². The number of carbonyl (C=O) groups excluding carboxylic acids is 1. The quantitative estimate of drug-likeness (QED) is 0.311. The maximum Gasteiger partial charge on any atom is 0.247 e. The molecule has 0 saturated heterocycles. The van der Waals surface area contributed by atoms with Crippen molar-refractivity contribution in [2.24, 2.45) is 5.41 Å². The second-order valence-electron chi connectivity index (χ2n) is 7.51. The van der Waals surface area contributed by atoms with Crippen LogP contribution in [0.15, 0.2) is 41.1 Å². The molecular formula is C19H25FN2O5S. The summed E-state index contributed by atoms with van der Waals surface area (Å²) in [7, 11) is -4.17. The molecule has 1 saturated carbocycles. The lowest BCUT2D eigenvalue weighted by Crippen LogP contribution is -2.47. The smallest absolute Gasteiger partial charge is 0.247 e. The Hall–Kier alpha value is -2.26. The highest BCUT2D eigenvalue weighted by Crippen LogP contribution is 2.39. The third-order valence-corrected chi connectivity index (χ3v) is 7.72. The summed E-state index contributed by atoms with van der Waals surface area (Å²) in [5, 5.41) is 29.9. The van der Waals surface area contributed by atoms with E-state index in [1.54, 1.807) is 0 Å². The van der Waals surface area contributed by atoms with Gasteiger partial charge in [0, 0.05) is 17.2 Å². The molecule has 0 heterocycles. The molecule has 154 valence electrons. The van der Waals surface area contributed by atoms with E-state index in [4.69, 9.17) is 5.41 Å². The van der Waals surface area contributed by atoms with Gasteiger partial charge in [0.25, 0.3) is 0 Å². The van der Waals surface area contributed by atoms with Gasteiger partial charge in [0.05, 0.1) is 11.5 Å². The van der Waals surface area contributed by atoms with Gasteiger partial charge in [-0.15, -0.1) is 0 Å². The number of carbonyl (C=O) groups is 1. The molecule has 1 fully saturated rings. The summed E-state index contributed by atoms with van der Waals surface area (Å²) in [4.78, 5) is 12.3. The largest absolute Gasteiger partial charge is 0.494 e. The Morgan fingerprint density at radius 2 is 1.82 bits per heavy atom. The molecule has 1 aromatic carbocycles. The molecule has 28 heavy (non-hydrogen) atoms. The Kier molecular flexibility index (Phi) is 6.30. The number of benzene rings is 1. The fraction of sp³-hybridized carbons (Fsp3) is 0.474. The zero-order chi connectivity index (χ0) is 21.2. The van der Waals surface area contributed by atoms with Crippen LogP contribution in [0.4, 0.5) is 4.39 Å². The maximum absolute atomic E-state index is 13.1.